The predicted molar refractivity (Wildman–Crippen MR) is 87.0 cm³/mol. The Morgan fingerprint density at radius 2 is 1.91 bits per heavy atom. The number of hydrogen-bond donors (Lipinski definition) is 1. The normalized spacial score (nSPS) is 12.3. The number of nitrogens with zero attached hydrogens (tertiary/aromatic N) is 2. The molecule has 0 aliphatic carbocycles. The molecule has 3 rings (SSSR count). The van der Waals surface area contributed by atoms with Gasteiger partial charge in [0.05, 0.1) is 11.7 Å². The number of amides is 1. The van der Waals surface area contributed by atoms with Gasteiger partial charge in [0, 0.05) is 6.20 Å². The van der Waals surface area contributed by atoms with Crippen LogP contribution in [0.1, 0.15) is 40.3 Å². The lowest BCUT2D eigenvalue weighted by molar-refractivity contribution is 0.0933. The number of hydrogen-bond acceptors (Lipinski definition) is 2. The third-order valence-corrected chi connectivity index (χ3v) is 3.82. The molecule has 0 bridgehead atoms. The van der Waals surface area contributed by atoms with E-state index in [1.54, 1.807) is 0 Å². The summed E-state index contributed by atoms with van der Waals surface area (Å²) in [4.78, 5) is 17.1. The number of carbonyl (C=O) groups excluding carboxylic acids is 1. The molecular formula is C18H19N3O. The van der Waals surface area contributed by atoms with Crippen molar-refractivity contribution in [3.63, 3.8) is 0 Å². The number of imidazole rings is 1. The highest BCUT2D eigenvalue weighted by atomic mass is 16.2. The van der Waals surface area contributed by atoms with Crippen molar-refractivity contribution in [3.8, 4) is 0 Å². The van der Waals surface area contributed by atoms with E-state index in [4.69, 9.17) is 0 Å². The van der Waals surface area contributed by atoms with E-state index in [1.165, 1.54) is 0 Å². The van der Waals surface area contributed by atoms with Crippen molar-refractivity contribution in [2.75, 3.05) is 0 Å². The molecule has 112 valence electrons. The van der Waals surface area contributed by atoms with Gasteiger partial charge in [0.1, 0.15) is 11.3 Å². The first-order chi connectivity index (χ1) is 10.6. The second-order valence-corrected chi connectivity index (χ2v) is 5.58. The van der Waals surface area contributed by atoms with Crippen molar-refractivity contribution in [3.05, 3.63) is 71.2 Å². The minimum atomic E-state index is -0.106. The summed E-state index contributed by atoms with van der Waals surface area (Å²) in [5.74, 6) is -0.106. The summed E-state index contributed by atoms with van der Waals surface area (Å²) < 4.78 is 1.84. The fourth-order valence-electron chi connectivity index (χ4n) is 2.63. The quantitative estimate of drug-likeness (QED) is 0.804. The molecule has 0 aliphatic heterocycles. The third kappa shape index (κ3) is 2.60. The van der Waals surface area contributed by atoms with Crippen LogP contribution in [0.5, 0.6) is 0 Å². The molecule has 2 heterocycles. The Hall–Kier alpha value is -2.62. The Morgan fingerprint density at radius 3 is 2.64 bits per heavy atom. The molecule has 4 nitrogen and oxygen atoms in total. The molecule has 0 fully saturated rings. The highest BCUT2D eigenvalue weighted by Crippen LogP contribution is 2.16. The number of rotatable bonds is 3. The second-order valence-electron chi connectivity index (χ2n) is 5.58. The molecular weight excluding hydrogens is 274 g/mol. The summed E-state index contributed by atoms with van der Waals surface area (Å²) in [5, 5.41) is 3.05. The van der Waals surface area contributed by atoms with Gasteiger partial charge >= 0.3 is 0 Å². The first kappa shape index (κ1) is 14.3. The Labute approximate surface area is 129 Å². The highest BCUT2D eigenvalue weighted by Gasteiger charge is 2.18. The van der Waals surface area contributed by atoms with E-state index in [2.05, 4.69) is 10.3 Å². The molecule has 1 N–H and O–H groups in total. The molecule has 0 radical (unpaired) electrons. The minimum absolute atomic E-state index is 0.0518. The van der Waals surface area contributed by atoms with Crippen LogP contribution in [0.2, 0.25) is 0 Å². The monoisotopic (exact) mass is 293 g/mol. The van der Waals surface area contributed by atoms with Crippen LogP contribution >= 0.6 is 0 Å². The molecule has 0 aliphatic rings. The van der Waals surface area contributed by atoms with Gasteiger partial charge in [0.2, 0.25) is 0 Å². The molecule has 0 spiro atoms. The molecule has 0 saturated heterocycles. The summed E-state index contributed by atoms with van der Waals surface area (Å²) in [7, 11) is 0. The Morgan fingerprint density at radius 1 is 1.18 bits per heavy atom. The topological polar surface area (TPSA) is 46.4 Å². The van der Waals surface area contributed by atoms with Crippen molar-refractivity contribution in [2.24, 2.45) is 0 Å². The fraction of sp³-hybridized carbons (Fsp3) is 0.222. The number of aryl methyl sites for hydroxylation is 2. The molecule has 1 aromatic carbocycles. The molecule has 1 atom stereocenters. The first-order valence-electron chi connectivity index (χ1n) is 7.37. The van der Waals surface area contributed by atoms with Gasteiger partial charge in [0.15, 0.2) is 0 Å². The summed E-state index contributed by atoms with van der Waals surface area (Å²) >= 11 is 0. The zero-order valence-corrected chi connectivity index (χ0v) is 13.0. The van der Waals surface area contributed by atoms with Crippen LogP contribution in [0.25, 0.3) is 5.65 Å². The van der Waals surface area contributed by atoms with Crippen molar-refractivity contribution >= 4 is 11.6 Å². The van der Waals surface area contributed by atoms with Crippen molar-refractivity contribution in [2.45, 2.75) is 26.8 Å². The molecule has 1 amide bonds. The van der Waals surface area contributed by atoms with Gasteiger partial charge < -0.3 is 5.32 Å². The van der Waals surface area contributed by atoms with Gasteiger partial charge in [-0.3, -0.25) is 9.20 Å². The number of benzene rings is 1. The van der Waals surface area contributed by atoms with Crippen LogP contribution in [-0.4, -0.2) is 15.3 Å². The van der Waals surface area contributed by atoms with Gasteiger partial charge in [-0.05, 0) is 44.0 Å². The largest absolute Gasteiger partial charge is 0.344 e. The maximum atomic E-state index is 12.6. The van der Waals surface area contributed by atoms with Crippen LogP contribution in [-0.2, 0) is 0 Å². The number of nitrogens with one attached hydrogen (secondary N) is 1. The maximum absolute atomic E-state index is 12.6. The standard InChI is InChI=1S/C18H19N3O/c1-12-9-10-21-16(11-12)19-14(3)17(21)18(22)20-13(2)15-7-5-4-6-8-15/h4-11,13H,1-3H3,(H,20,22)/t13-/m0/s1. The second kappa shape index (κ2) is 5.64. The number of aromatic nitrogens is 2. The van der Waals surface area contributed by atoms with Gasteiger partial charge in [-0.1, -0.05) is 30.3 Å². The molecule has 3 aromatic rings. The van der Waals surface area contributed by atoms with Crippen LogP contribution in [0.15, 0.2) is 48.7 Å². The van der Waals surface area contributed by atoms with Crippen molar-refractivity contribution < 1.29 is 4.79 Å². The van der Waals surface area contributed by atoms with Gasteiger partial charge in [-0.2, -0.15) is 0 Å². The summed E-state index contributed by atoms with van der Waals surface area (Å²) in [6.45, 7) is 5.86. The smallest absolute Gasteiger partial charge is 0.270 e. The lowest BCUT2D eigenvalue weighted by Crippen LogP contribution is -2.28. The lowest BCUT2D eigenvalue weighted by atomic mass is 10.1. The van der Waals surface area contributed by atoms with E-state index in [-0.39, 0.29) is 11.9 Å². The average Bonchev–Trinajstić information content (AvgIpc) is 2.83. The zero-order valence-electron chi connectivity index (χ0n) is 13.0. The number of carbonyl (C=O) groups is 1. The van der Waals surface area contributed by atoms with Crippen molar-refractivity contribution in [1.29, 1.82) is 0 Å². The summed E-state index contributed by atoms with van der Waals surface area (Å²) in [5.41, 5.74) is 4.34. The van der Waals surface area contributed by atoms with E-state index >= 15 is 0 Å². The van der Waals surface area contributed by atoms with Crippen molar-refractivity contribution in [1.82, 2.24) is 14.7 Å². The number of pyridine rings is 1. The molecule has 22 heavy (non-hydrogen) atoms. The molecule has 0 saturated carbocycles. The SMILES string of the molecule is Cc1ccn2c(C(=O)N[C@@H](C)c3ccccc3)c(C)nc2c1. The Bertz CT molecular complexity index is 821. The van der Waals surface area contributed by atoms with Gasteiger partial charge in [-0.15, -0.1) is 0 Å². The fourth-order valence-corrected chi connectivity index (χ4v) is 2.63. The summed E-state index contributed by atoms with van der Waals surface area (Å²) in [6, 6.07) is 13.8. The zero-order chi connectivity index (χ0) is 15.7. The van der Waals surface area contributed by atoms with E-state index in [1.807, 2.05) is 73.8 Å². The Balaban J connectivity index is 1.91. The van der Waals surface area contributed by atoms with E-state index in [9.17, 15) is 4.79 Å². The van der Waals surface area contributed by atoms with E-state index < -0.39 is 0 Å². The summed E-state index contributed by atoms with van der Waals surface area (Å²) in [6.07, 6.45) is 1.90. The predicted octanol–water partition coefficient (Wildman–Crippen LogP) is 3.44. The molecule has 4 heteroatoms. The number of fused-ring (bicyclic) bond motifs is 1. The minimum Gasteiger partial charge on any atom is -0.344 e. The lowest BCUT2D eigenvalue weighted by Gasteiger charge is -2.14. The van der Waals surface area contributed by atoms with E-state index in [0.717, 1.165) is 22.5 Å². The average molecular weight is 293 g/mol. The van der Waals surface area contributed by atoms with Crippen LogP contribution in [0.4, 0.5) is 0 Å². The van der Waals surface area contributed by atoms with Crippen LogP contribution < -0.4 is 5.32 Å². The van der Waals surface area contributed by atoms with Gasteiger partial charge in [0.25, 0.3) is 5.91 Å². The molecule has 0 unspecified atom stereocenters. The van der Waals surface area contributed by atoms with Crippen LogP contribution in [0, 0.1) is 13.8 Å². The van der Waals surface area contributed by atoms with E-state index in [0.29, 0.717) is 5.69 Å². The Kier molecular flexibility index (Phi) is 3.67. The first-order valence-corrected chi connectivity index (χ1v) is 7.37. The highest BCUT2D eigenvalue weighted by molar-refractivity contribution is 5.94. The molecule has 2 aromatic heterocycles. The maximum Gasteiger partial charge on any atom is 0.270 e. The van der Waals surface area contributed by atoms with Crippen LogP contribution in [0.3, 0.4) is 0 Å². The third-order valence-electron chi connectivity index (χ3n) is 3.82. The van der Waals surface area contributed by atoms with Gasteiger partial charge in [-0.25, -0.2) is 4.98 Å².